The van der Waals surface area contributed by atoms with Crippen molar-refractivity contribution in [3.8, 4) is 22.9 Å². The second kappa shape index (κ2) is 8.81. The molecule has 2 N–H and O–H groups in total. The first-order chi connectivity index (χ1) is 14.5. The highest BCUT2D eigenvalue weighted by Gasteiger charge is 2.18. The summed E-state index contributed by atoms with van der Waals surface area (Å²) < 4.78 is 13.0. The Balaban J connectivity index is 1.57. The van der Waals surface area contributed by atoms with E-state index in [4.69, 9.17) is 15.2 Å². The molecule has 0 saturated heterocycles. The average Bonchev–Trinajstić information content (AvgIpc) is 3.16. The van der Waals surface area contributed by atoms with Crippen LogP contribution in [0.4, 0.5) is 5.82 Å². The van der Waals surface area contributed by atoms with Gasteiger partial charge in [0.15, 0.2) is 11.6 Å². The largest absolute Gasteiger partial charge is 0.433 e. The molecule has 8 nitrogen and oxygen atoms in total. The number of hydrogen-bond acceptors (Lipinski definition) is 7. The summed E-state index contributed by atoms with van der Waals surface area (Å²) in [4.78, 5) is 11.3. The number of aryl methyl sites for hydroxylation is 1. The fourth-order valence-electron chi connectivity index (χ4n) is 3.74. The standard InChI is InChI=1S/C22H28N6O2/c1-4-29-8-7-28-14-18(11-25-28)30-22-21(23)24-12-20(26-22)16-9-15(2)19-5-6-27(3)13-17(19)10-16/h9-12,14H,4-8,13H2,1-3H3,(H2,23,24). The first kappa shape index (κ1) is 20.3. The zero-order chi connectivity index (χ0) is 21.1. The maximum Gasteiger partial charge on any atom is 0.263 e. The third-order valence-electron chi connectivity index (χ3n) is 5.30. The van der Waals surface area contributed by atoms with E-state index < -0.39 is 0 Å². The summed E-state index contributed by atoms with van der Waals surface area (Å²) in [5, 5.41) is 4.28. The SMILES string of the molecule is CCOCCn1cc(Oc2nc(-c3cc(C)c4c(c3)CN(C)CC4)cnc2N)cn1. The number of fused-ring (bicyclic) bond motifs is 1. The number of ether oxygens (including phenoxy) is 2. The lowest BCUT2D eigenvalue weighted by Crippen LogP contribution is -2.27. The van der Waals surface area contributed by atoms with Gasteiger partial charge in [-0.25, -0.2) is 9.97 Å². The van der Waals surface area contributed by atoms with Crippen molar-refractivity contribution in [1.82, 2.24) is 24.6 Å². The van der Waals surface area contributed by atoms with Crippen molar-refractivity contribution in [1.29, 1.82) is 0 Å². The fraction of sp³-hybridized carbons (Fsp3) is 0.409. The van der Waals surface area contributed by atoms with E-state index in [1.54, 1.807) is 23.3 Å². The molecule has 8 heteroatoms. The number of rotatable bonds is 7. The molecule has 0 radical (unpaired) electrons. The van der Waals surface area contributed by atoms with Crippen LogP contribution in [0.1, 0.15) is 23.6 Å². The Morgan fingerprint density at radius 1 is 1.23 bits per heavy atom. The molecule has 3 heterocycles. The Bertz CT molecular complexity index is 1030. The van der Waals surface area contributed by atoms with Crippen molar-refractivity contribution in [3.63, 3.8) is 0 Å². The minimum atomic E-state index is 0.246. The van der Waals surface area contributed by atoms with E-state index >= 15 is 0 Å². The van der Waals surface area contributed by atoms with Crippen LogP contribution in [0.15, 0.2) is 30.7 Å². The zero-order valence-electron chi connectivity index (χ0n) is 17.8. The fourth-order valence-corrected chi connectivity index (χ4v) is 3.74. The molecule has 0 saturated carbocycles. The highest BCUT2D eigenvalue weighted by Crippen LogP contribution is 2.31. The van der Waals surface area contributed by atoms with Gasteiger partial charge in [0, 0.05) is 25.3 Å². The van der Waals surface area contributed by atoms with Gasteiger partial charge in [-0.3, -0.25) is 4.68 Å². The molecular weight excluding hydrogens is 380 g/mol. The van der Waals surface area contributed by atoms with Crippen LogP contribution in [-0.2, 0) is 24.2 Å². The van der Waals surface area contributed by atoms with Gasteiger partial charge in [-0.2, -0.15) is 5.10 Å². The second-order valence-electron chi connectivity index (χ2n) is 7.60. The molecular formula is C22H28N6O2. The average molecular weight is 409 g/mol. The van der Waals surface area contributed by atoms with Gasteiger partial charge >= 0.3 is 0 Å². The quantitative estimate of drug-likeness (QED) is 0.601. The summed E-state index contributed by atoms with van der Waals surface area (Å²) in [6.07, 6.45) is 6.21. The lowest BCUT2D eigenvalue weighted by atomic mass is 9.92. The van der Waals surface area contributed by atoms with Gasteiger partial charge in [0.25, 0.3) is 5.88 Å². The Kier molecular flexibility index (Phi) is 5.96. The van der Waals surface area contributed by atoms with Gasteiger partial charge in [-0.05, 0) is 56.1 Å². The second-order valence-corrected chi connectivity index (χ2v) is 7.60. The molecule has 1 aliphatic heterocycles. The third-order valence-corrected chi connectivity index (χ3v) is 5.30. The Hall–Kier alpha value is -2.97. The van der Waals surface area contributed by atoms with Gasteiger partial charge in [-0.15, -0.1) is 0 Å². The molecule has 1 aromatic carbocycles. The number of likely N-dealkylation sites (N-methyl/N-ethyl adjacent to an activating group) is 1. The van der Waals surface area contributed by atoms with Crippen molar-refractivity contribution in [2.45, 2.75) is 33.4 Å². The number of nitrogens with two attached hydrogens (primary N) is 1. The summed E-state index contributed by atoms with van der Waals surface area (Å²) in [6.45, 7) is 8.09. The van der Waals surface area contributed by atoms with Crippen LogP contribution in [0.5, 0.6) is 11.6 Å². The number of benzene rings is 1. The van der Waals surface area contributed by atoms with E-state index in [1.807, 2.05) is 6.92 Å². The van der Waals surface area contributed by atoms with Crippen LogP contribution in [-0.4, -0.2) is 51.5 Å². The van der Waals surface area contributed by atoms with Crippen LogP contribution in [0, 0.1) is 6.92 Å². The van der Waals surface area contributed by atoms with E-state index in [2.05, 4.69) is 46.1 Å². The number of nitrogens with zero attached hydrogens (tertiary/aromatic N) is 5. The Morgan fingerprint density at radius 3 is 2.93 bits per heavy atom. The molecule has 1 aliphatic rings. The van der Waals surface area contributed by atoms with Crippen molar-refractivity contribution >= 4 is 5.82 Å². The van der Waals surface area contributed by atoms with E-state index in [0.717, 1.165) is 30.8 Å². The lowest BCUT2D eigenvalue weighted by Gasteiger charge is -2.27. The normalized spacial score (nSPS) is 14.0. The highest BCUT2D eigenvalue weighted by molar-refractivity contribution is 5.64. The zero-order valence-corrected chi connectivity index (χ0v) is 17.8. The smallest absolute Gasteiger partial charge is 0.263 e. The molecule has 0 bridgehead atoms. The molecule has 2 aromatic heterocycles. The molecule has 0 aliphatic carbocycles. The first-order valence-electron chi connectivity index (χ1n) is 10.3. The molecule has 0 atom stereocenters. The summed E-state index contributed by atoms with van der Waals surface area (Å²) >= 11 is 0. The topological polar surface area (TPSA) is 91.3 Å². The first-order valence-corrected chi connectivity index (χ1v) is 10.3. The maximum absolute atomic E-state index is 6.03. The summed E-state index contributed by atoms with van der Waals surface area (Å²) in [6, 6.07) is 4.37. The van der Waals surface area contributed by atoms with Crippen molar-refractivity contribution in [2.75, 3.05) is 32.5 Å². The van der Waals surface area contributed by atoms with Crippen LogP contribution in [0.25, 0.3) is 11.3 Å². The van der Waals surface area contributed by atoms with Gasteiger partial charge in [0.1, 0.15) is 0 Å². The van der Waals surface area contributed by atoms with Crippen LogP contribution in [0.3, 0.4) is 0 Å². The van der Waals surface area contributed by atoms with Crippen LogP contribution < -0.4 is 10.5 Å². The van der Waals surface area contributed by atoms with E-state index in [0.29, 0.717) is 25.5 Å². The summed E-state index contributed by atoms with van der Waals surface area (Å²) in [7, 11) is 2.15. The molecule has 3 aromatic rings. The minimum absolute atomic E-state index is 0.246. The third kappa shape index (κ3) is 4.44. The lowest BCUT2D eigenvalue weighted by molar-refractivity contribution is 0.136. The summed E-state index contributed by atoms with van der Waals surface area (Å²) in [5.74, 6) is 1.09. The van der Waals surface area contributed by atoms with Crippen molar-refractivity contribution in [3.05, 3.63) is 47.4 Å². The van der Waals surface area contributed by atoms with Crippen LogP contribution >= 0.6 is 0 Å². The molecule has 4 rings (SSSR count). The van der Waals surface area contributed by atoms with Gasteiger partial charge in [-0.1, -0.05) is 0 Å². The summed E-state index contributed by atoms with van der Waals surface area (Å²) in [5.41, 5.74) is 11.9. The molecule has 0 unspecified atom stereocenters. The monoisotopic (exact) mass is 408 g/mol. The Labute approximate surface area is 176 Å². The predicted octanol–water partition coefficient (Wildman–Crippen LogP) is 3.05. The van der Waals surface area contributed by atoms with Gasteiger partial charge in [0.2, 0.25) is 0 Å². The van der Waals surface area contributed by atoms with Crippen molar-refractivity contribution in [2.24, 2.45) is 0 Å². The molecule has 0 fully saturated rings. The van der Waals surface area contributed by atoms with Crippen LogP contribution in [0.2, 0.25) is 0 Å². The molecule has 0 amide bonds. The highest BCUT2D eigenvalue weighted by atomic mass is 16.5. The molecule has 0 spiro atoms. The predicted molar refractivity (Wildman–Crippen MR) is 115 cm³/mol. The number of aromatic nitrogens is 4. The van der Waals surface area contributed by atoms with Gasteiger partial charge < -0.3 is 20.1 Å². The number of hydrogen-bond donors (Lipinski definition) is 1. The number of nitrogen functional groups attached to an aromatic ring is 1. The van der Waals surface area contributed by atoms with Gasteiger partial charge in [0.05, 0.1) is 37.4 Å². The maximum atomic E-state index is 6.03. The molecule has 30 heavy (non-hydrogen) atoms. The van der Waals surface area contributed by atoms with E-state index in [9.17, 15) is 0 Å². The Morgan fingerprint density at radius 2 is 2.10 bits per heavy atom. The van der Waals surface area contributed by atoms with Crippen molar-refractivity contribution < 1.29 is 9.47 Å². The molecule has 158 valence electrons. The van der Waals surface area contributed by atoms with E-state index in [1.165, 1.54) is 16.7 Å². The minimum Gasteiger partial charge on any atom is -0.433 e. The number of anilines is 1. The van der Waals surface area contributed by atoms with E-state index in [-0.39, 0.29) is 11.7 Å².